The number of nitrogens with one attached hydrogen (secondary N) is 1. The second kappa shape index (κ2) is 6.91. The number of aliphatic carboxylic acids is 1. The van der Waals surface area contributed by atoms with Crippen LogP contribution in [0.15, 0.2) is 30.9 Å². The summed E-state index contributed by atoms with van der Waals surface area (Å²) in [4.78, 5) is 15.0. The molecule has 1 fully saturated rings. The molecule has 0 unspecified atom stereocenters. The molecule has 6 heteroatoms. The second-order valence-corrected chi connectivity index (χ2v) is 6.23. The Bertz CT molecular complexity index is 661. The molecule has 2 N–H and O–H groups in total. The van der Waals surface area contributed by atoms with Crippen molar-refractivity contribution in [2.45, 2.75) is 45.2 Å². The van der Waals surface area contributed by atoms with E-state index in [4.69, 9.17) is 5.11 Å². The fourth-order valence-electron chi connectivity index (χ4n) is 3.22. The Morgan fingerprint density at radius 1 is 1.35 bits per heavy atom. The molecular weight excluding hydrogens is 292 g/mol. The first-order valence-electron chi connectivity index (χ1n) is 8.04. The van der Waals surface area contributed by atoms with Crippen molar-refractivity contribution in [1.82, 2.24) is 20.1 Å². The number of hydrogen-bond acceptors (Lipinski definition) is 4. The van der Waals surface area contributed by atoms with Gasteiger partial charge >= 0.3 is 5.97 Å². The zero-order chi connectivity index (χ0) is 16.2. The minimum Gasteiger partial charge on any atom is -0.481 e. The van der Waals surface area contributed by atoms with Gasteiger partial charge in [0.25, 0.3) is 0 Å². The van der Waals surface area contributed by atoms with Crippen molar-refractivity contribution >= 4 is 5.97 Å². The lowest BCUT2D eigenvalue weighted by Gasteiger charge is -2.27. The molecule has 0 bridgehead atoms. The van der Waals surface area contributed by atoms with Crippen LogP contribution in [0.3, 0.4) is 0 Å². The summed E-state index contributed by atoms with van der Waals surface area (Å²) in [6.07, 6.45) is 6.65. The number of rotatable bonds is 5. The van der Waals surface area contributed by atoms with Crippen LogP contribution in [0.1, 0.15) is 36.8 Å². The lowest BCUT2D eigenvalue weighted by Crippen LogP contribution is -2.34. The van der Waals surface area contributed by atoms with Crippen LogP contribution in [0.4, 0.5) is 0 Å². The Labute approximate surface area is 135 Å². The molecule has 1 heterocycles. The fourth-order valence-corrected chi connectivity index (χ4v) is 3.22. The molecule has 3 rings (SSSR count). The average Bonchev–Trinajstić information content (AvgIpc) is 3.07. The maximum absolute atomic E-state index is 11.0. The van der Waals surface area contributed by atoms with Crippen molar-refractivity contribution in [1.29, 1.82) is 0 Å². The van der Waals surface area contributed by atoms with E-state index in [9.17, 15) is 4.79 Å². The van der Waals surface area contributed by atoms with Crippen LogP contribution in [0.2, 0.25) is 0 Å². The molecule has 0 atom stereocenters. The zero-order valence-electron chi connectivity index (χ0n) is 13.3. The third-order valence-corrected chi connectivity index (χ3v) is 4.60. The molecule has 0 amide bonds. The van der Waals surface area contributed by atoms with Crippen molar-refractivity contribution < 1.29 is 9.90 Å². The lowest BCUT2D eigenvalue weighted by molar-refractivity contribution is -0.142. The van der Waals surface area contributed by atoms with Gasteiger partial charge in [0.2, 0.25) is 0 Å². The molecule has 1 aromatic heterocycles. The highest BCUT2D eigenvalue weighted by Gasteiger charge is 2.25. The van der Waals surface area contributed by atoms with Crippen LogP contribution in [-0.4, -0.2) is 31.9 Å². The van der Waals surface area contributed by atoms with E-state index >= 15 is 0 Å². The minimum absolute atomic E-state index is 0.155. The number of aromatic nitrogens is 3. The number of carboxylic acid groups (broad SMARTS) is 1. The highest BCUT2D eigenvalue weighted by atomic mass is 16.4. The Morgan fingerprint density at radius 3 is 2.74 bits per heavy atom. The van der Waals surface area contributed by atoms with Gasteiger partial charge in [-0.05, 0) is 49.8 Å². The van der Waals surface area contributed by atoms with Crippen LogP contribution >= 0.6 is 0 Å². The Hall–Kier alpha value is -2.21. The van der Waals surface area contributed by atoms with Crippen LogP contribution in [0, 0.1) is 12.8 Å². The van der Waals surface area contributed by atoms with Gasteiger partial charge in [-0.1, -0.05) is 12.1 Å². The van der Waals surface area contributed by atoms with E-state index in [0.717, 1.165) is 43.5 Å². The maximum Gasteiger partial charge on any atom is 0.306 e. The zero-order valence-corrected chi connectivity index (χ0v) is 13.3. The third-order valence-electron chi connectivity index (χ3n) is 4.60. The Morgan fingerprint density at radius 2 is 2.13 bits per heavy atom. The number of aryl methyl sites for hydroxylation is 1. The molecule has 1 aromatic carbocycles. The van der Waals surface area contributed by atoms with E-state index in [1.807, 2.05) is 0 Å². The lowest BCUT2D eigenvalue weighted by atomic mass is 9.86. The van der Waals surface area contributed by atoms with Crippen LogP contribution in [0.25, 0.3) is 5.69 Å². The van der Waals surface area contributed by atoms with Crippen molar-refractivity contribution in [3.8, 4) is 5.69 Å². The molecule has 6 nitrogen and oxygen atoms in total. The molecule has 1 saturated carbocycles. The molecular formula is C17H22N4O2. The molecule has 0 saturated heterocycles. The first-order chi connectivity index (χ1) is 11.1. The normalized spacial score (nSPS) is 21.3. The van der Waals surface area contributed by atoms with Crippen LogP contribution in [0.5, 0.6) is 0 Å². The van der Waals surface area contributed by atoms with Crippen molar-refractivity contribution in [3.63, 3.8) is 0 Å². The second-order valence-electron chi connectivity index (χ2n) is 6.23. The summed E-state index contributed by atoms with van der Waals surface area (Å²) in [5, 5.41) is 16.7. The third kappa shape index (κ3) is 3.76. The van der Waals surface area contributed by atoms with Gasteiger partial charge in [-0.15, -0.1) is 0 Å². The van der Waals surface area contributed by atoms with Gasteiger partial charge in [0.15, 0.2) is 0 Å². The first-order valence-corrected chi connectivity index (χ1v) is 8.04. The molecule has 0 spiro atoms. The largest absolute Gasteiger partial charge is 0.481 e. The number of carboxylic acids is 1. The van der Waals surface area contributed by atoms with E-state index in [0.29, 0.717) is 6.04 Å². The fraction of sp³-hybridized carbons (Fsp3) is 0.471. The Kier molecular flexibility index (Phi) is 4.71. The highest BCUT2D eigenvalue weighted by Crippen LogP contribution is 2.24. The number of benzene rings is 1. The summed E-state index contributed by atoms with van der Waals surface area (Å²) in [5.74, 6) is -0.806. The summed E-state index contributed by atoms with van der Waals surface area (Å²) < 4.78 is 1.76. The van der Waals surface area contributed by atoms with Gasteiger partial charge in [0.1, 0.15) is 12.7 Å². The van der Waals surface area contributed by atoms with Gasteiger partial charge in [-0.3, -0.25) is 4.79 Å². The molecule has 122 valence electrons. The van der Waals surface area contributed by atoms with E-state index in [1.54, 1.807) is 11.0 Å². The predicted octanol–water partition coefficient (Wildman–Crippen LogP) is 2.31. The summed E-state index contributed by atoms with van der Waals surface area (Å²) in [7, 11) is 0. The molecule has 23 heavy (non-hydrogen) atoms. The standard InChI is InChI=1S/C17H22N4O2/c1-12-8-13(2-7-16(12)21-11-18-10-20-21)9-19-15-5-3-14(4-6-15)17(22)23/h2,7-8,10-11,14-15,19H,3-6,9H2,1H3,(H,22,23). The van der Waals surface area contributed by atoms with Crippen molar-refractivity contribution in [2.24, 2.45) is 5.92 Å². The SMILES string of the molecule is Cc1cc(CNC2CCC(C(=O)O)CC2)ccc1-n1cncn1. The molecule has 2 aromatic rings. The van der Waals surface area contributed by atoms with Crippen LogP contribution < -0.4 is 5.32 Å². The Balaban J connectivity index is 1.55. The minimum atomic E-state index is -0.650. The number of carbonyl (C=O) groups is 1. The maximum atomic E-state index is 11.0. The van der Waals surface area contributed by atoms with E-state index < -0.39 is 5.97 Å². The number of nitrogens with zero attached hydrogens (tertiary/aromatic N) is 3. The smallest absolute Gasteiger partial charge is 0.306 e. The van der Waals surface area contributed by atoms with E-state index in [2.05, 4.69) is 40.5 Å². The van der Waals surface area contributed by atoms with Gasteiger partial charge in [0, 0.05) is 12.6 Å². The van der Waals surface area contributed by atoms with Gasteiger partial charge < -0.3 is 10.4 Å². The molecule has 1 aliphatic rings. The van der Waals surface area contributed by atoms with E-state index in [-0.39, 0.29) is 5.92 Å². The first kappa shape index (κ1) is 15.7. The topological polar surface area (TPSA) is 80.0 Å². The summed E-state index contributed by atoms with van der Waals surface area (Å²) in [6, 6.07) is 6.73. The monoisotopic (exact) mass is 314 g/mol. The van der Waals surface area contributed by atoms with Gasteiger partial charge in [-0.2, -0.15) is 5.10 Å². The quantitative estimate of drug-likeness (QED) is 0.885. The predicted molar refractivity (Wildman–Crippen MR) is 86.3 cm³/mol. The number of hydrogen-bond donors (Lipinski definition) is 2. The molecule has 0 radical (unpaired) electrons. The van der Waals surface area contributed by atoms with Crippen LogP contribution in [-0.2, 0) is 11.3 Å². The summed E-state index contributed by atoms with van der Waals surface area (Å²) >= 11 is 0. The average molecular weight is 314 g/mol. The molecule has 0 aliphatic heterocycles. The summed E-state index contributed by atoms with van der Waals surface area (Å²) in [6.45, 7) is 2.87. The van der Waals surface area contributed by atoms with Crippen molar-refractivity contribution in [3.05, 3.63) is 42.0 Å². The van der Waals surface area contributed by atoms with E-state index in [1.165, 1.54) is 11.9 Å². The van der Waals surface area contributed by atoms with Gasteiger partial charge in [0.05, 0.1) is 11.6 Å². The summed E-state index contributed by atoms with van der Waals surface area (Å²) in [5.41, 5.74) is 3.42. The highest BCUT2D eigenvalue weighted by molar-refractivity contribution is 5.70. The molecule has 1 aliphatic carbocycles. The van der Waals surface area contributed by atoms with Crippen molar-refractivity contribution in [2.75, 3.05) is 0 Å². The van der Waals surface area contributed by atoms with Gasteiger partial charge in [-0.25, -0.2) is 9.67 Å².